The van der Waals surface area contributed by atoms with Gasteiger partial charge in [0, 0.05) is 19.3 Å². The standard InChI is InChI=1S/C14H21N3O3/c1-13(2,3)20-12(19)16-8-6-14(4,10-16)17-7-5-11(9-18)15-17/h5,7,9H,6,8,10H2,1-4H3. The Balaban J connectivity index is 2.07. The van der Waals surface area contributed by atoms with E-state index in [1.165, 1.54) is 0 Å². The molecule has 2 heterocycles. The van der Waals surface area contributed by atoms with Crippen molar-refractivity contribution in [3.8, 4) is 0 Å². The van der Waals surface area contributed by atoms with Crippen LogP contribution in [0.15, 0.2) is 12.3 Å². The Bertz CT molecular complexity index is 518. The van der Waals surface area contributed by atoms with Crippen LogP contribution >= 0.6 is 0 Å². The van der Waals surface area contributed by atoms with Crippen LogP contribution in [0.1, 0.15) is 44.6 Å². The number of aldehydes is 1. The van der Waals surface area contributed by atoms with Crippen LogP contribution in [0.5, 0.6) is 0 Å². The van der Waals surface area contributed by atoms with Crippen LogP contribution in [0.3, 0.4) is 0 Å². The molecule has 6 heteroatoms. The Morgan fingerprint density at radius 2 is 2.20 bits per heavy atom. The van der Waals surface area contributed by atoms with Gasteiger partial charge in [-0.3, -0.25) is 9.48 Å². The van der Waals surface area contributed by atoms with Gasteiger partial charge in [-0.05, 0) is 40.2 Å². The molecule has 1 aromatic rings. The molecule has 0 radical (unpaired) electrons. The summed E-state index contributed by atoms with van der Waals surface area (Å²) in [5.74, 6) is 0. The van der Waals surface area contributed by atoms with Crippen LogP contribution in [0, 0.1) is 0 Å². The van der Waals surface area contributed by atoms with E-state index in [1.807, 2.05) is 27.7 Å². The number of likely N-dealkylation sites (tertiary alicyclic amines) is 1. The first-order chi connectivity index (χ1) is 9.23. The van der Waals surface area contributed by atoms with Gasteiger partial charge in [0.1, 0.15) is 11.3 Å². The summed E-state index contributed by atoms with van der Waals surface area (Å²) in [5.41, 5.74) is -0.383. The number of hydrogen-bond donors (Lipinski definition) is 0. The minimum Gasteiger partial charge on any atom is -0.444 e. The lowest BCUT2D eigenvalue weighted by Gasteiger charge is -2.27. The summed E-state index contributed by atoms with van der Waals surface area (Å²) in [4.78, 5) is 24.5. The zero-order chi connectivity index (χ0) is 15.0. The third-order valence-corrected chi connectivity index (χ3v) is 3.39. The molecule has 1 fully saturated rings. The number of carbonyl (C=O) groups is 2. The zero-order valence-corrected chi connectivity index (χ0v) is 12.4. The summed E-state index contributed by atoms with van der Waals surface area (Å²) in [7, 11) is 0. The maximum Gasteiger partial charge on any atom is 0.410 e. The number of carbonyl (C=O) groups excluding carboxylic acids is 2. The van der Waals surface area contributed by atoms with Crippen molar-refractivity contribution in [3.63, 3.8) is 0 Å². The molecular formula is C14H21N3O3. The van der Waals surface area contributed by atoms with Gasteiger partial charge in [0.05, 0.1) is 5.54 Å². The molecule has 1 aliphatic rings. The van der Waals surface area contributed by atoms with Gasteiger partial charge in [0.2, 0.25) is 0 Å². The van der Waals surface area contributed by atoms with Gasteiger partial charge < -0.3 is 9.64 Å². The molecule has 0 aromatic carbocycles. The molecule has 0 aliphatic carbocycles. The number of amides is 1. The number of nitrogens with zero attached hydrogens (tertiary/aromatic N) is 3. The number of ether oxygens (including phenoxy) is 1. The fraction of sp³-hybridized carbons (Fsp3) is 0.643. The minimum atomic E-state index is -0.494. The van der Waals surface area contributed by atoms with Gasteiger partial charge in [0.15, 0.2) is 6.29 Å². The van der Waals surface area contributed by atoms with Crippen molar-refractivity contribution in [3.05, 3.63) is 18.0 Å². The van der Waals surface area contributed by atoms with Gasteiger partial charge in [-0.1, -0.05) is 0 Å². The van der Waals surface area contributed by atoms with E-state index in [1.54, 1.807) is 21.8 Å². The SMILES string of the molecule is CC(C)(C)OC(=O)N1CCC(C)(n2ccc(C=O)n2)C1. The maximum atomic E-state index is 12.1. The maximum absolute atomic E-state index is 12.1. The number of aromatic nitrogens is 2. The summed E-state index contributed by atoms with van der Waals surface area (Å²) in [6, 6.07) is 1.67. The van der Waals surface area contributed by atoms with Crippen molar-refractivity contribution in [2.45, 2.75) is 45.3 Å². The van der Waals surface area contributed by atoms with E-state index in [4.69, 9.17) is 4.74 Å². The largest absolute Gasteiger partial charge is 0.444 e. The van der Waals surface area contributed by atoms with Crippen LogP contribution in [-0.2, 0) is 10.3 Å². The molecule has 1 aliphatic heterocycles. The first kappa shape index (κ1) is 14.6. The Labute approximate surface area is 118 Å². The Morgan fingerprint density at radius 3 is 2.75 bits per heavy atom. The second kappa shape index (κ2) is 4.92. The molecule has 20 heavy (non-hydrogen) atoms. The van der Waals surface area contributed by atoms with Gasteiger partial charge in [0.25, 0.3) is 0 Å². The molecule has 1 amide bonds. The lowest BCUT2D eigenvalue weighted by molar-refractivity contribution is 0.0275. The van der Waals surface area contributed by atoms with Gasteiger partial charge in [-0.25, -0.2) is 4.79 Å². The smallest absolute Gasteiger partial charge is 0.410 e. The van der Waals surface area contributed by atoms with Gasteiger partial charge >= 0.3 is 6.09 Å². The summed E-state index contributed by atoms with van der Waals surface area (Å²) in [6.45, 7) is 8.74. The van der Waals surface area contributed by atoms with Crippen LogP contribution in [-0.4, -0.2) is 45.8 Å². The molecule has 1 unspecified atom stereocenters. The fourth-order valence-corrected chi connectivity index (χ4v) is 2.32. The Morgan fingerprint density at radius 1 is 1.50 bits per heavy atom. The molecule has 0 spiro atoms. The van der Waals surface area contributed by atoms with Crippen LogP contribution < -0.4 is 0 Å². The predicted molar refractivity (Wildman–Crippen MR) is 73.7 cm³/mol. The number of hydrogen-bond acceptors (Lipinski definition) is 4. The highest BCUT2D eigenvalue weighted by Crippen LogP contribution is 2.29. The van der Waals surface area contributed by atoms with E-state index >= 15 is 0 Å². The highest BCUT2D eigenvalue weighted by Gasteiger charge is 2.39. The molecule has 0 saturated carbocycles. The topological polar surface area (TPSA) is 64.4 Å². The highest BCUT2D eigenvalue weighted by molar-refractivity contribution is 5.71. The molecule has 0 N–H and O–H groups in total. The molecule has 2 rings (SSSR count). The molecule has 1 saturated heterocycles. The molecule has 1 aromatic heterocycles. The van der Waals surface area contributed by atoms with Crippen LogP contribution in [0.4, 0.5) is 4.79 Å². The predicted octanol–water partition coefficient (Wildman–Crippen LogP) is 2.05. The van der Waals surface area contributed by atoms with E-state index < -0.39 is 5.60 Å². The molecular weight excluding hydrogens is 258 g/mol. The summed E-state index contributed by atoms with van der Waals surface area (Å²) in [6.07, 6.45) is 2.98. The fourth-order valence-electron chi connectivity index (χ4n) is 2.32. The van der Waals surface area contributed by atoms with Gasteiger partial charge in [-0.15, -0.1) is 0 Å². The van der Waals surface area contributed by atoms with Gasteiger partial charge in [-0.2, -0.15) is 5.10 Å². The second-order valence-electron chi connectivity index (χ2n) is 6.45. The highest BCUT2D eigenvalue weighted by atomic mass is 16.6. The number of rotatable bonds is 2. The first-order valence-corrected chi connectivity index (χ1v) is 6.73. The summed E-state index contributed by atoms with van der Waals surface area (Å²) < 4.78 is 7.14. The van der Waals surface area contributed by atoms with E-state index in [-0.39, 0.29) is 11.6 Å². The van der Waals surface area contributed by atoms with E-state index in [0.717, 1.165) is 12.7 Å². The second-order valence-corrected chi connectivity index (χ2v) is 6.45. The zero-order valence-electron chi connectivity index (χ0n) is 12.4. The molecule has 6 nitrogen and oxygen atoms in total. The molecule has 1 atom stereocenters. The van der Waals surface area contributed by atoms with Crippen molar-refractivity contribution >= 4 is 12.4 Å². The first-order valence-electron chi connectivity index (χ1n) is 6.73. The van der Waals surface area contributed by atoms with Crippen molar-refractivity contribution < 1.29 is 14.3 Å². The Kier molecular flexibility index (Phi) is 3.58. The minimum absolute atomic E-state index is 0.293. The lowest BCUT2D eigenvalue weighted by atomic mass is 10.0. The summed E-state index contributed by atoms with van der Waals surface area (Å²) >= 11 is 0. The van der Waals surface area contributed by atoms with Crippen LogP contribution in [0.2, 0.25) is 0 Å². The normalized spacial score (nSPS) is 22.9. The average Bonchev–Trinajstić information content (AvgIpc) is 2.93. The van der Waals surface area contributed by atoms with E-state index in [9.17, 15) is 9.59 Å². The lowest BCUT2D eigenvalue weighted by Crippen LogP contribution is -2.39. The van der Waals surface area contributed by atoms with E-state index in [0.29, 0.717) is 18.8 Å². The Hall–Kier alpha value is -1.85. The van der Waals surface area contributed by atoms with Crippen LogP contribution in [0.25, 0.3) is 0 Å². The third-order valence-electron chi connectivity index (χ3n) is 3.39. The van der Waals surface area contributed by atoms with E-state index in [2.05, 4.69) is 5.10 Å². The van der Waals surface area contributed by atoms with Crippen molar-refractivity contribution in [1.29, 1.82) is 0 Å². The van der Waals surface area contributed by atoms with Crippen molar-refractivity contribution in [2.24, 2.45) is 0 Å². The van der Waals surface area contributed by atoms with Crippen molar-refractivity contribution in [1.82, 2.24) is 14.7 Å². The monoisotopic (exact) mass is 279 g/mol. The third kappa shape index (κ3) is 3.00. The molecule has 110 valence electrons. The average molecular weight is 279 g/mol. The summed E-state index contributed by atoms with van der Waals surface area (Å²) in [5, 5.41) is 4.22. The quantitative estimate of drug-likeness (QED) is 0.777. The van der Waals surface area contributed by atoms with Crippen molar-refractivity contribution in [2.75, 3.05) is 13.1 Å². The molecule has 0 bridgehead atoms.